The van der Waals surface area contributed by atoms with Crippen LogP contribution in [0.5, 0.6) is 0 Å². The molecule has 0 aliphatic carbocycles. The van der Waals surface area contributed by atoms with E-state index in [9.17, 15) is 19.8 Å². The summed E-state index contributed by atoms with van der Waals surface area (Å²) in [6.07, 6.45) is 4.97. The monoisotopic (exact) mass is 398 g/mol. The van der Waals surface area contributed by atoms with E-state index in [1.54, 1.807) is 4.90 Å². The summed E-state index contributed by atoms with van der Waals surface area (Å²) in [4.78, 5) is 27.1. The SMILES string of the molecule is O=C(CC1(O)CCCOC1)NC1(CO)CCCN(C(=O)CC2CCCOC2)C1. The van der Waals surface area contributed by atoms with Crippen molar-refractivity contribution in [1.82, 2.24) is 10.2 Å². The molecule has 3 unspecified atom stereocenters. The Labute approximate surface area is 166 Å². The van der Waals surface area contributed by atoms with Gasteiger partial charge in [0.15, 0.2) is 0 Å². The van der Waals surface area contributed by atoms with Crippen LogP contribution in [0.1, 0.15) is 51.4 Å². The second-order valence-electron chi connectivity index (χ2n) is 8.75. The molecule has 3 atom stereocenters. The van der Waals surface area contributed by atoms with Gasteiger partial charge in [0.05, 0.1) is 30.8 Å². The zero-order valence-corrected chi connectivity index (χ0v) is 16.7. The molecule has 3 rings (SSSR count). The Balaban J connectivity index is 1.55. The molecule has 0 aromatic heterocycles. The Morgan fingerprint density at radius 1 is 1.14 bits per heavy atom. The lowest BCUT2D eigenvalue weighted by molar-refractivity contribution is -0.142. The van der Waals surface area contributed by atoms with Crippen LogP contribution in [-0.4, -0.2) is 84.2 Å². The van der Waals surface area contributed by atoms with E-state index in [2.05, 4.69) is 5.32 Å². The van der Waals surface area contributed by atoms with E-state index in [0.717, 1.165) is 32.3 Å². The summed E-state index contributed by atoms with van der Waals surface area (Å²) in [6, 6.07) is 0. The van der Waals surface area contributed by atoms with Gasteiger partial charge in [-0.1, -0.05) is 0 Å². The van der Waals surface area contributed by atoms with E-state index in [1.807, 2.05) is 0 Å². The van der Waals surface area contributed by atoms with Crippen molar-refractivity contribution >= 4 is 11.8 Å². The van der Waals surface area contributed by atoms with Crippen molar-refractivity contribution in [1.29, 1.82) is 0 Å². The number of rotatable bonds is 6. The quantitative estimate of drug-likeness (QED) is 0.590. The van der Waals surface area contributed by atoms with Gasteiger partial charge in [-0.2, -0.15) is 0 Å². The number of carbonyl (C=O) groups is 2. The minimum Gasteiger partial charge on any atom is -0.394 e. The molecule has 0 radical (unpaired) electrons. The van der Waals surface area contributed by atoms with Crippen LogP contribution in [-0.2, 0) is 19.1 Å². The lowest BCUT2D eigenvalue weighted by Crippen LogP contribution is -2.62. The third-order valence-corrected chi connectivity index (χ3v) is 6.15. The van der Waals surface area contributed by atoms with Crippen LogP contribution >= 0.6 is 0 Å². The van der Waals surface area contributed by atoms with Gasteiger partial charge in [0, 0.05) is 39.3 Å². The van der Waals surface area contributed by atoms with Gasteiger partial charge in [0.1, 0.15) is 0 Å². The van der Waals surface area contributed by atoms with Gasteiger partial charge in [-0.3, -0.25) is 9.59 Å². The number of hydrogen-bond acceptors (Lipinski definition) is 6. The van der Waals surface area contributed by atoms with Crippen molar-refractivity contribution < 1.29 is 29.3 Å². The molecule has 2 amide bonds. The van der Waals surface area contributed by atoms with E-state index in [4.69, 9.17) is 9.47 Å². The van der Waals surface area contributed by atoms with Gasteiger partial charge in [-0.25, -0.2) is 0 Å². The second-order valence-corrected chi connectivity index (χ2v) is 8.75. The number of carbonyl (C=O) groups excluding carboxylic acids is 2. The third kappa shape index (κ3) is 5.65. The molecule has 28 heavy (non-hydrogen) atoms. The number of aliphatic hydroxyl groups is 2. The number of aliphatic hydroxyl groups excluding tert-OH is 1. The summed E-state index contributed by atoms with van der Waals surface area (Å²) in [5, 5.41) is 23.5. The molecule has 3 saturated heterocycles. The average molecular weight is 399 g/mol. The first kappa shape index (κ1) is 21.5. The van der Waals surface area contributed by atoms with Crippen molar-refractivity contribution in [2.45, 2.75) is 62.5 Å². The van der Waals surface area contributed by atoms with Crippen LogP contribution in [0.2, 0.25) is 0 Å². The summed E-state index contributed by atoms with van der Waals surface area (Å²) in [5.74, 6) is 0.000422. The first-order valence-corrected chi connectivity index (χ1v) is 10.5. The Kier molecular flexibility index (Phi) is 7.31. The molecule has 0 aromatic rings. The minimum absolute atomic E-state index is 0.0535. The molecule has 3 heterocycles. The fourth-order valence-corrected chi connectivity index (χ4v) is 4.58. The van der Waals surface area contributed by atoms with Crippen LogP contribution < -0.4 is 5.32 Å². The molecular weight excluding hydrogens is 364 g/mol. The number of hydrogen-bond donors (Lipinski definition) is 3. The highest BCUT2D eigenvalue weighted by Gasteiger charge is 2.40. The first-order chi connectivity index (χ1) is 13.4. The van der Waals surface area contributed by atoms with Crippen LogP contribution in [0.25, 0.3) is 0 Å². The highest BCUT2D eigenvalue weighted by molar-refractivity contribution is 5.79. The van der Waals surface area contributed by atoms with Crippen molar-refractivity contribution in [2.24, 2.45) is 5.92 Å². The van der Waals surface area contributed by atoms with E-state index in [1.165, 1.54) is 0 Å². The van der Waals surface area contributed by atoms with Crippen molar-refractivity contribution in [3.63, 3.8) is 0 Å². The number of amides is 2. The first-order valence-electron chi connectivity index (χ1n) is 10.5. The number of nitrogens with one attached hydrogen (secondary N) is 1. The van der Waals surface area contributed by atoms with Crippen molar-refractivity contribution in [3.05, 3.63) is 0 Å². The van der Waals surface area contributed by atoms with Gasteiger partial charge in [0.2, 0.25) is 11.8 Å². The molecule has 0 aromatic carbocycles. The number of piperidine rings is 1. The van der Waals surface area contributed by atoms with Crippen LogP contribution in [0, 0.1) is 5.92 Å². The maximum absolute atomic E-state index is 12.7. The molecule has 3 aliphatic rings. The summed E-state index contributed by atoms with van der Waals surface area (Å²) >= 11 is 0. The predicted molar refractivity (Wildman–Crippen MR) is 102 cm³/mol. The molecule has 3 fully saturated rings. The standard InChI is InChI=1S/C20H34N2O6/c23-14-19(21-17(24)11-20(26)6-3-9-28-15-20)5-2-7-22(13-19)18(25)10-16-4-1-8-27-12-16/h16,23,26H,1-15H2,(H,21,24). The maximum atomic E-state index is 12.7. The summed E-state index contributed by atoms with van der Waals surface area (Å²) in [6.45, 7) is 2.87. The van der Waals surface area contributed by atoms with Gasteiger partial charge in [-0.05, 0) is 44.4 Å². The Hall–Kier alpha value is -1.22. The zero-order valence-electron chi connectivity index (χ0n) is 16.7. The predicted octanol–water partition coefficient (Wildman–Crippen LogP) is 0.204. The molecule has 3 aliphatic heterocycles. The van der Waals surface area contributed by atoms with Gasteiger partial charge in [0.25, 0.3) is 0 Å². The molecule has 0 saturated carbocycles. The lowest BCUT2D eigenvalue weighted by atomic mass is 9.87. The average Bonchev–Trinajstić information content (AvgIpc) is 2.69. The van der Waals surface area contributed by atoms with Crippen LogP contribution in [0.4, 0.5) is 0 Å². The van der Waals surface area contributed by atoms with Gasteiger partial charge >= 0.3 is 0 Å². The molecule has 8 heteroatoms. The van der Waals surface area contributed by atoms with Crippen LogP contribution in [0.15, 0.2) is 0 Å². The van der Waals surface area contributed by atoms with Crippen LogP contribution in [0.3, 0.4) is 0 Å². The molecule has 3 N–H and O–H groups in total. The molecule has 0 bridgehead atoms. The van der Waals surface area contributed by atoms with Crippen molar-refractivity contribution in [2.75, 3.05) is 46.1 Å². The molecule has 8 nitrogen and oxygen atoms in total. The largest absolute Gasteiger partial charge is 0.394 e. The molecule has 0 spiro atoms. The van der Waals surface area contributed by atoms with E-state index >= 15 is 0 Å². The second kappa shape index (κ2) is 9.52. The smallest absolute Gasteiger partial charge is 0.223 e. The highest BCUT2D eigenvalue weighted by Crippen LogP contribution is 2.26. The normalized spacial score (nSPS) is 34.1. The Bertz CT molecular complexity index is 545. The fraction of sp³-hybridized carbons (Fsp3) is 0.900. The number of likely N-dealkylation sites (tertiary alicyclic amines) is 1. The molecular formula is C20H34N2O6. The number of ether oxygens (including phenoxy) is 2. The summed E-state index contributed by atoms with van der Waals surface area (Å²) in [7, 11) is 0. The Morgan fingerprint density at radius 2 is 1.96 bits per heavy atom. The maximum Gasteiger partial charge on any atom is 0.223 e. The third-order valence-electron chi connectivity index (χ3n) is 6.15. The van der Waals surface area contributed by atoms with E-state index in [0.29, 0.717) is 45.6 Å². The van der Waals surface area contributed by atoms with Gasteiger partial charge in [-0.15, -0.1) is 0 Å². The fourth-order valence-electron chi connectivity index (χ4n) is 4.58. The minimum atomic E-state index is -1.15. The molecule has 160 valence electrons. The van der Waals surface area contributed by atoms with E-state index < -0.39 is 11.1 Å². The Morgan fingerprint density at radius 3 is 2.64 bits per heavy atom. The summed E-state index contributed by atoms with van der Waals surface area (Å²) in [5.41, 5.74) is -2.00. The lowest BCUT2D eigenvalue weighted by Gasteiger charge is -2.43. The van der Waals surface area contributed by atoms with E-state index in [-0.39, 0.29) is 37.4 Å². The number of nitrogens with zero attached hydrogens (tertiary/aromatic N) is 1. The summed E-state index contributed by atoms with van der Waals surface area (Å²) < 4.78 is 10.8. The zero-order chi connectivity index (χ0) is 20.0. The van der Waals surface area contributed by atoms with Gasteiger partial charge < -0.3 is 29.9 Å². The topological polar surface area (TPSA) is 108 Å². The van der Waals surface area contributed by atoms with Crippen molar-refractivity contribution in [3.8, 4) is 0 Å². The highest BCUT2D eigenvalue weighted by atomic mass is 16.5.